The molecule has 0 saturated carbocycles. The number of hydrogen-bond donors (Lipinski definition) is 2. The Morgan fingerprint density at radius 2 is 1.65 bits per heavy atom. The molecular formula is C22H18F3N3O2S. The first-order chi connectivity index (χ1) is 14.8. The fraction of sp³-hybridized carbons (Fsp3) is 0.136. The molecule has 2 amide bonds. The monoisotopic (exact) mass is 445 g/mol. The van der Waals surface area contributed by atoms with E-state index in [0.29, 0.717) is 17.8 Å². The summed E-state index contributed by atoms with van der Waals surface area (Å²) >= 11 is 0.998. The first kappa shape index (κ1) is 22.4. The van der Waals surface area contributed by atoms with Gasteiger partial charge in [0.1, 0.15) is 0 Å². The summed E-state index contributed by atoms with van der Waals surface area (Å²) in [6.45, 7) is 0.345. The maximum Gasteiger partial charge on any atom is 0.417 e. The molecule has 0 aliphatic heterocycles. The minimum atomic E-state index is -4.46. The highest BCUT2D eigenvalue weighted by Gasteiger charge is 2.30. The maximum absolute atomic E-state index is 12.6. The molecule has 31 heavy (non-hydrogen) atoms. The Kier molecular flexibility index (Phi) is 7.30. The minimum Gasteiger partial charge on any atom is -0.348 e. The number of para-hydroxylation sites is 1. The molecule has 0 fully saturated rings. The summed E-state index contributed by atoms with van der Waals surface area (Å²) in [5.74, 6) is -0.815. The van der Waals surface area contributed by atoms with Crippen molar-refractivity contribution in [2.75, 3.05) is 11.1 Å². The van der Waals surface area contributed by atoms with Crippen LogP contribution in [-0.2, 0) is 17.5 Å². The first-order valence-electron chi connectivity index (χ1n) is 9.20. The Balaban J connectivity index is 1.57. The highest BCUT2D eigenvalue weighted by atomic mass is 32.2. The molecule has 2 aromatic carbocycles. The van der Waals surface area contributed by atoms with Gasteiger partial charge in [0.25, 0.3) is 5.91 Å². The van der Waals surface area contributed by atoms with Gasteiger partial charge in [-0.2, -0.15) is 13.2 Å². The summed E-state index contributed by atoms with van der Waals surface area (Å²) in [6.07, 6.45) is -3.73. The van der Waals surface area contributed by atoms with Crippen LogP contribution in [0.5, 0.6) is 0 Å². The highest BCUT2D eigenvalue weighted by Crippen LogP contribution is 2.29. The zero-order valence-corrected chi connectivity index (χ0v) is 17.0. The average molecular weight is 445 g/mol. The van der Waals surface area contributed by atoms with E-state index in [1.807, 2.05) is 30.3 Å². The Morgan fingerprint density at radius 3 is 2.32 bits per heavy atom. The number of alkyl halides is 3. The largest absolute Gasteiger partial charge is 0.417 e. The molecule has 2 N–H and O–H groups in total. The number of carbonyl (C=O) groups is 2. The molecule has 0 unspecified atom stereocenters. The molecule has 0 radical (unpaired) electrons. The van der Waals surface area contributed by atoms with E-state index < -0.39 is 17.6 Å². The Morgan fingerprint density at radius 1 is 0.935 bits per heavy atom. The third-order valence-corrected chi connectivity index (χ3v) is 5.10. The minimum absolute atomic E-state index is 0.0711. The number of rotatable bonds is 7. The van der Waals surface area contributed by atoms with Crippen molar-refractivity contribution >= 4 is 29.3 Å². The van der Waals surface area contributed by atoms with Crippen molar-refractivity contribution in [1.82, 2.24) is 10.3 Å². The van der Waals surface area contributed by atoms with Gasteiger partial charge < -0.3 is 10.6 Å². The van der Waals surface area contributed by atoms with Crippen LogP contribution in [-0.4, -0.2) is 22.6 Å². The predicted octanol–water partition coefficient (Wildman–Crippen LogP) is 4.76. The van der Waals surface area contributed by atoms with Gasteiger partial charge in [-0.3, -0.25) is 9.59 Å². The van der Waals surface area contributed by atoms with Gasteiger partial charge in [0, 0.05) is 12.7 Å². The van der Waals surface area contributed by atoms with Crippen molar-refractivity contribution in [3.63, 3.8) is 0 Å². The summed E-state index contributed by atoms with van der Waals surface area (Å²) in [4.78, 5) is 28.6. The predicted molar refractivity (Wildman–Crippen MR) is 113 cm³/mol. The lowest BCUT2D eigenvalue weighted by atomic mass is 10.1. The van der Waals surface area contributed by atoms with Gasteiger partial charge in [-0.15, -0.1) is 0 Å². The number of anilines is 1. The summed E-state index contributed by atoms with van der Waals surface area (Å²) in [5.41, 5.74) is 0.748. The number of halogens is 3. The van der Waals surface area contributed by atoms with Crippen molar-refractivity contribution < 1.29 is 22.8 Å². The van der Waals surface area contributed by atoms with Crippen LogP contribution in [0.1, 0.15) is 21.5 Å². The van der Waals surface area contributed by atoms with Gasteiger partial charge >= 0.3 is 6.18 Å². The zero-order valence-electron chi connectivity index (χ0n) is 16.1. The normalized spacial score (nSPS) is 11.1. The molecule has 0 saturated heterocycles. The SMILES string of the molecule is O=C(CSc1ccc(C(F)(F)F)cn1)Nc1ccccc1C(=O)NCc1ccccc1. The quantitative estimate of drug-likeness (QED) is 0.515. The molecule has 0 spiro atoms. The number of pyridine rings is 1. The summed E-state index contributed by atoms with van der Waals surface area (Å²) in [7, 11) is 0. The third kappa shape index (κ3) is 6.58. The van der Waals surface area contributed by atoms with E-state index in [1.165, 1.54) is 6.07 Å². The van der Waals surface area contributed by atoms with E-state index in [0.717, 1.165) is 29.6 Å². The second kappa shape index (κ2) is 10.1. The second-order valence-corrected chi connectivity index (χ2v) is 7.43. The van der Waals surface area contributed by atoms with Crippen molar-refractivity contribution in [3.8, 4) is 0 Å². The molecule has 1 aromatic heterocycles. The van der Waals surface area contributed by atoms with Gasteiger partial charge in [0.05, 0.1) is 27.6 Å². The number of nitrogens with zero attached hydrogens (tertiary/aromatic N) is 1. The second-order valence-electron chi connectivity index (χ2n) is 6.43. The lowest BCUT2D eigenvalue weighted by Gasteiger charge is -2.11. The molecule has 3 rings (SSSR count). The van der Waals surface area contributed by atoms with E-state index in [9.17, 15) is 22.8 Å². The summed E-state index contributed by atoms with van der Waals surface area (Å²) < 4.78 is 37.8. The molecule has 5 nitrogen and oxygen atoms in total. The number of nitrogens with one attached hydrogen (secondary N) is 2. The first-order valence-corrected chi connectivity index (χ1v) is 10.2. The molecule has 9 heteroatoms. The summed E-state index contributed by atoms with van der Waals surface area (Å²) in [6, 6.07) is 18.1. The van der Waals surface area contributed by atoms with Crippen LogP contribution < -0.4 is 10.6 Å². The van der Waals surface area contributed by atoms with Crippen LogP contribution in [0.2, 0.25) is 0 Å². The van der Waals surface area contributed by atoms with Gasteiger partial charge in [0.2, 0.25) is 5.91 Å². The molecule has 1 heterocycles. The van der Waals surface area contributed by atoms with E-state index in [-0.39, 0.29) is 16.7 Å². The lowest BCUT2D eigenvalue weighted by Crippen LogP contribution is -2.25. The van der Waals surface area contributed by atoms with Gasteiger partial charge in [-0.1, -0.05) is 54.2 Å². The van der Waals surface area contributed by atoms with Crippen LogP contribution in [0.25, 0.3) is 0 Å². The standard InChI is InChI=1S/C22H18F3N3O2S/c23-22(24,25)16-10-11-20(26-13-16)31-14-19(29)28-18-9-5-4-8-17(18)21(30)27-12-15-6-2-1-3-7-15/h1-11,13H,12,14H2,(H,27,30)(H,28,29). The van der Waals surface area contributed by atoms with Crippen molar-refractivity contribution in [1.29, 1.82) is 0 Å². The van der Waals surface area contributed by atoms with Crippen LogP contribution in [0.3, 0.4) is 0 Å². The van der Waals surface area contributed by atoms with Crippen molar-refractivity contribution in [2.45, 2.75) is 17.7 Å². The Bertz CT molecular complexity index is 1040. The number of hydrogen-bond acceptors (Lipinski definition) is 4. The van der Waals surface area contributed by atoms with Gasteiger partial charge in [-0.25, -0.2) is 4.98 Å². The molecule has 0 aliphatic carbocycles. The topological polar surface area (TPSA) is 71.1 Å². The molecular weight excluding hydrogens is 427 g/mol. The number of carbonyl (C=O) groups excluding carboxylic acids is 2. The highest BCUT2D eigenvalue weighted by molar-refractivity contribution is 7.99. The molecule has 0 aliphatic rings. The van der Waals surface area contributed by atoms with Crippen molar-refractivity contribution in [2.24, 2.45) is 0 Å². The fourth-order valence-electron chi connectivity index (χ4n) is 2.62. The third-order valence-electron chi connectivity index (χ3n) is 4.16. The van der Waals surface area contributed by atoms with Crippen LogP contribution >= 0.6 is 11.8 Å². The van der Waals surface area contributed by atoms with Gasteiger partial charge in [0.15, 0.2) is 0 Å². The summed E-state index contributed by atoms with van der Waals surface area (Å²) in [5, 5.41) is 5.76. The number of aromatic nitrogens is 1. The van der Waals surface area contributed by atoms with Gasteiger partial charge in [-0.05, 0) is 29.8 Å². The van der Waals surface area contributed by atoms with E-state index in [4.69, 9.17) is 0 Å². The number of thioether (sulfide) groups is 1. The van der Waals surface area contributed by atoms with Crippen LogP contribution in [0.15, 0.2) is 78.0 Å². The molecule has 3 aromatic rings. The zero-order chi connectivity index (χ0) is 22.3. The Hall–Kier alpha value is -3.33. The lowest BCUT2D eigenvalue weighted by molar-refractivity contribution is -0.137. The van der Waals surface area contributed by atoms with E-state index in [2.05, 4.69) is 15.6 Å². The maximum atomic E-state index is 12.6. The smallest absolute Gasteiger partial charge is 0.348 e. The molecule has 0 atom stereocenters. The average Bonchev–Trinajstić information content (AvgIpc) is 2.77. The molecule has 0 bridgehead atoms. The number of benzene rings is 2. The van der Waals surface area contributed by atoms with Crippen molar-refractivity contribution in [3.05, 3.63) is 89.6 Å². The van der Waals surface area contributed by atoms with E-state index in [1.54, 1.807) is 24.3 Å². The Labute approximate surface area is 181 Å². The molecule has 160 valence electrons. The fourth-order valence-corrected chi connectivity index (χ4v) is 3.27. The number of amides is 2. The van der Waals surface area contributed by atoms with E-state index >= 15 is 0 Å². The van der Waals surface area contributed by atoms with Crippen LogP contribution in [0.4, 0.5) is 18.9 Å². The van der Waals surface area contributed by atoms with Crippen LogP contribution in [0, 0.1) is 0 Å².